The van der Waals surface area contributed by atoms with Crippen molar-refractivity contribution in [1.29, 1.82) is 0 Å². The minimum Gasteiger partial charge on any atom is -0.267 e. The van der Waals surface area contributed by atoms with Gasteiger partial charge in [-0.1, -0.05) is 180 Å². The van der Waals surface area contributed by atoms with Gasteiger partial charge in [0.15, 0.2) is 0 Å². The van der Waals surface area contributed by atoms with E-state index in [0.717, 1.165) is 40.0 Å². The molecule has 0 unspecified atom stereocenters. The molecule has 8 aromatic carbocycles. The summed E-state index contributed by atoms with van der Waals surface area (Å²) in [4.78, 5) is 48.9. The molecule has 0 fully saturated rings. The molecule has 354 valence electrons. The van der Waals surface area contributed by atoms with Gasteiger partial charge in [0.25, 0.3) is 22.2 Å². The van der Waals surface area contributed by atoms with Gasteiger partial charge in [0.2, 0.25) is 0 Å². The zero-order valence-electron chi connectivity index (χ0n) is 35.9. The van der Waals surface area contributed by atoms with Crippen LogP contribution in [0.1, 0.15) is 0 Å². The van der Waals surface area contributed by atoms with Crippen molar-refractivity contribution in [3.8, 4) is 22.7 Å². The maximum Gasteiger partial charge on any atom is 0.273 e. The van der Waals surface area contributed by atoms with E-state index in [1.807, 2.05) is 121 Å². The molecule has 0 aliphatic carbocycles. The highest BCUT2D eigenvalue weighted by Crippen LogP contribution is 2.30. The lowest BCUT2D eigenvalue weighted by Crippen LogP contribution is -2.10. The normalized spacial score (nSPS) is 11.0. The standard InChI is InChI=1S/C13H8BrNOS.3C13H7Cl2NOS/c14-9-5-7-10(8-6-9)15-13(16)11-3-1-2-4-12(11)17-15;14-8-5-6-11(10(15)7-8)16-13(17)9-3-1-2-4-12(9)18-16;14-10-6-5-8(7-11(10)15)16-13(17)9-3-1-2-4-12(9)18-16;14-8-5-6-10(15)11(7-8)16-13(17)9-3-1-2-4-12(9)18-16/h1-8H;3*1-7H. The van der Waals surface area contributed by atoms with Crippen molar-refractivity contribution in [2.75, 3.05) is 0 Å². The number of hydrogen-bond donors (Lipinski definition) is 0. The number of nitrogens with zero attached hydrogens (tertiary/aromatic N) is 4. The minimum absolute atomic E-state index is 0.0333. The van der Waals surface area contributed by atoms with Gasteiger partial charge in [-0.2, -0.15) is 0 Å². The lowest BCUT2D eigenvalue weighted by Gasteiger charge is -2.03. The monoisotopic (exact) mass is 1190 g/mol. The quantitative estimate of drug-likeness (QED) is 0.176. The molecule has 0 bridgehead atoms. The van der Waals surface area contributed by atoms with Crippen LogP contribution in [0.4, 0.5) is 0 Å². The van der Waals surface area contributed by atoms with Gasteiger partial charge in [-0.3, -0.25) is 19.2 Å². The minimum atomic E-state index is -0.0697. The lowest BCUT2D eigenvalue weighted by atomic mass is 10.3. The van der Waals surface area contributed by atoms with Crippen LogP contribution in [-0.2, 0) is 0 Å². The smallest absolute Gasteiger partial charge is 0.267 e. The molecule has 12 aromatic rings. The predicted molar refractivity (Wildman–Crippen MR) is 307 cm³/mol. The van der Waals surface area contributed by atoms with Crippen LogP contribution in [0.5, 0.6) is 0 Å². The van der Waals surface area contributed by atoms with E-state index in [9.17, 15) is 19.2 Å². The highest BCUT2D eigenvalue weighted by molar-refractivity contribution is 9.10. The fourth-order valence-corrected chi connectivity index (χ4v) is 12.6. The van der Waals surface area contributed by atoms with Crippen LogP contribution in [0.15, 0.2) is 200 Å². The Kier molecular flexibility index (Phi) is 15.9. The molecule has 0 spiro atoms. The second-order valence-corrected chi connectivity index (χ2v) is 22.4. The Morgan fingerprint density at radius 3 is 1.17 bits per heavy atom. The summed E-state index contributed by atoms with van der Waals surface area (Å²) in [5.41, 5.74) is 2.80. The highest BCUT2D eigenvalue weighted by Gasteiger charge is 2.14. The molecule has 0 aliphatic heterocycles. The first-order chi connectivity index (χ1) is 34.2. The molecule has 4 aromatic heterocycles. The van der Waals surface area contributed by atoms with Crippen LogP contribution in [0.25, 0.3) is 63.1 Å². The van der Waals surface area contributed by atoms with Gasteiger partial charge in [0.05, 0.1) is 83.2 Å². The first kappa shape index (κ1) is 50.7. The maximum atomic E-state index is 12.3. The van der Waals surface area contributed by atoms with Crippen molar-refractivity contribution in [1.82, 2.24) is 15.8 Å². The third kappa shape index (κ3) is 11.1. The predicted octanol–water partition coefficient (Wildman–Crippen LogP) is 16.9. The van der Waals surface area contributed by atoms with Crippen molar-refractivity contribution in [3.05, 3.63) is 252 Å². The van der Waals surface area contributed by atoms with Crippen molar-refractivity contribution >= 4 is 172 Å². The van der Waals surface area contributed by atoms with Crippen LogP contribution >= 0.6 is 132 Å². The largest absolute Gasteiger partial charge is 0.273 e. The Bertz CT molecular complexity index is 4180. The van der Waals surface area contributed by atoms with E-state index in [2.05, 4.69) is 15.9 Å². The zero-order valence-corrected chi connectivity index (χ0v) is 45.3. The molecule has 19 heteroatoms. The van der Waals surface area contributed by atoms with E-state index in [0.29, 0.717) is 57.7 Å². The summed E-state index contributed by atoms with van der Waals surface area (Å²) in [5, 5.41) is 5.90. The molecular formula is C52H29BrCl6N4O4S4. The average Bonchev–Trinajstić information content (AvgIpc) is 4.11. The van der Waals surface area contributed by atoms with Gasteiger partial charge in [0.1, 0.15) is 0 Å². The number of halogens is 7. The van der Waals surface area contributed by atoms with E-state index in [4.69, 9.17) is 69.6 Å². The molecule has 0 saturated carbocycles. The van der Waals surface area contributed by atoms with Gasteiger partial charge in [-0.15, -0.1) is 0 Å². The fraction of sp³-hybridized carbons (Fsp3) is 0. The molecule has 71 heavy (non-hydrogen) atoms. The summed E-state index contributed by atoms with van der Waals surface area (Å²) in [7, 11) is 0. The van der Waals surface area contributed by atoms with Gasteiger partial charge in [-0.25, -0.2) is 15.8 Å². The molecule has 0 radical (unpaired) electrons. The summed E-state index contributed by atoms with van der Waals surface area (Å²) in [5.74, 6) is 0. The first-order valence-electron chi connectivity index (χ1n) is 20.8. The van der Waals surface area contributed by atoms with Gasteiger partial charge < -0.3 is 0 Å². The van der Waals surface area contributed by atoms with Crippen LogP contribution in [-0.4, -0.2) is 15.8 Å². The Morgan fingerprint density at radius 1 is 0.324 bits per heavy atom. The summed E-state index contributed by atoms with van der Waals surface area (Å²) in [6, 6.07) is 53.3. The van der Waals surface area contributed by atoms with Gasteiger partial charge in [0, 0.05) is 14.5 Å². The van der Waals surface area contributed by atoms with E-state index < -0.39 is 0 Å². The fourth-order valence-electron chi connectivity index (χ4n) is 7.02. The third-order valence-corrected chi connectivity index (χ3v) is 17.2. The molecular weight excluding hydrogens is 1170 g/mol. The van der Waals surface area contributed by atoms with Crippen LogP contribution < -0.4 is 22.2 Å². The van der Waals surface area contributed by atoms with E-state index in [-0.39, 0.29) is 22.2 Å². The van der Waals surface area contributed by atoms with Crippen LogP contribution in [0.2, 0.25) is 30.1 Å². The van der Waals surface area contributed by atoms with Crippen molar-refractivity contribution < 1.29 is 0 Å². The summed E-state index contributed by atoms with van der Waals surface area (Å²) in [6.07, 6.45) is 0. The van der Waals surface area contributed by atoms with Gasteiger partial charge in [-0.05, 0) is 127 Å². The van der Waals surface area contributed by atoms with E-state index in [1.165, 1.54) is 46.1 Å². The van der Waals surface area contributed by atoms with Crippen molar-refractivity contribution in [2.45, 2.75) is 0 Å². The molecule has 0 atom stereocenters. The Labute approximate surface area is 458 Å². The molecule has 0 aliphatic rings. The van der Waals surface area contributed by atoms with E-state index >= 15 is 0 Å². The number of rotatable bonds is 4. The van der Waals surface area contributed by atoms with Crippen molar-refractivity contribution in [3.63, 3.8) is 0 Å². The summed E-state index contributed by atoms with van der Waals surface area (Å²) >= 11 is 44.9. The highest BCUT2D eigenvalue weighted by atomic mass is 79.9. The summed E-state index contributed by atoms with van der Waals surface area (Å²) in [6.45, 7) is 0. The number of fused-ring (bicyclic) bond motifs is 4. The lowest BCUT2D eigenvalue weighted by molar-refractivity contribution is 1.14. The zero-order chi connectivity index (χ0) is 49.9. The SMILES string of the molecule is O=c1c2ccccc2sn1-c1cc(Cl)ccc1Cl.O=c1c2ccccc2sn1-c1ccc(Br)cc1.O=c1c2ccccc2sn1-c1ccc(Cl)c(Cl)c1.O=c1c2ccccc2sn1-c1ccc(Cl)cc1Cl. The first-order valence-corrected chi connectivity index (χ1v) is 27.0. The molecule has 0 amide bonds. The number of hydrogen-bond acceptors (Lipinski definition) is 8. The summed E-state index contributed by atoms with van der Waals surface area (Å²) < 4.78 is 11.3. The van der Waals surface area contributed by atoms with Gasteiger partial charge >= 0.3 is 0 Å². The van der Waals surface area contributed by atoms with Crippen molar-refractivity contribution in [2.24, 2.45) is 0 Å². The number of benzene rings is 8. The average molecular weight is 1190 g/mol. The molecule has 0 N–H and O–H groups in total. The topological polar surface area (TPSA) is 88.0 Å². The Morgan fingerprint density at radius 2 is 0.704 bits per heavy atom. The van der Waals surface area contributed by atoms with E-state index in [1.54, 1.807) is 70.4 Å². The van der Waals surface area contributed by atoms with Crippen LogP contribution in [0.3, 0.4) is 0 Å². The second kappa shape index (κ2) is 22.2. The maximum absolute atomic E-state index is 12.3. The van der Waals surface area contributed by atoms with Crippen LogP contribution in [0, 0.1) is 0 Å². The Hall–Kier alpha value is -5.26. The second-order valence-electron chi connectivity index (χ2n) is 15.0. The molecule has 8 nitrogen and oxygen atoms in total. The number of aromatic nitrogens is 4. The molecule has 12 rings (SSSR count). The third-order valence-electron chi connectivity index (χ3n) is 10.4. The molecule has 4 heterocycles. The Balaban J connectivity index is 0.000000117. The molecule has 0 saturated heterocycles.